The smallest absolute Gasteiger partial charge is 0.138 e. The van der Waals surface area contributed by atoms with Crippen molar-refractivity contribution < 1.29 is 10.2 Å². The van der Waals surface area contributed by atoms with Crippen molar-refractivity contribution in [2.75, 3.05) is 6.61 Å². The first-order valence-corrected chi connectivity index (χ1v) is 8.65. The summed E-state index contributed by atoms with van der Waals surface area (Å²) in [5, 5.41) is 17.5. The lowest BCUT2D eigenvalue weighted by atomic mass is 10.1. The van der Waals surface area contributed by atoms with Crippen molar-refractivity contribution in [3.63, 3.8) is 0 Å². The lowest BCUT2D eigenvalue weighted by Gasteiger charge is -1.94. The summed E-state index contributed by atoms with van der Waals surface area (Å²) < 4.78 is 0. The molecule has 0 aromatic heterocycles. The summed E-state index contributed by atoms with van der Waals surface area (Å²) in [6.07, 6.45) is 16.9. The van der Waals surface area contributed by atoms with Gasteiger partial charge in [0.25, 0.3) is 0 Å². The fourth-order valence-electron chi connectivity index (χ4n) is 1.73. The van der Waals surface area contributed by atoms with Crippen LogP contribution in [0.15, 0.2) is 12.2 Å². The SMILES string of the molecule is C#C/C=C\CCCCCCC#CC#CCCCC#CC#C[C@@H](O)CO. The summed E-state index contributed by atoms with van der Waals surface area (Å²) in [6.45, 7) is -0.365. The van der Waals surface area contributed by atoms with Gasteiger partial charge in [0.1, 0.15) is 6.10 Å². The van der Waals surface area contributed by atoms with Crippen LogP contribution in [0.1, 0.15) is 57.8 Å². The van der Waals surface area contributed by atoms with Crippen LogP contribution in [0.2, 0.25) is 0 Å². The number of unbranched alkanes of at least 4 members (excludes halogenated alkanes) is 7. The molecule has 2 heteroatoms. The van der Waals surface area contributed by atoms with E-state index >= 15 is 0 Å². The van der Waals surface area contributed by atoms with Crippen molar-refractivity contribution in [3.8, 4) is 59.7 Å². The van der Waals surface area contributed by atoms with Crippen LogP contribution in [0.5, 0.6) is 0 Å². The Labute approximate surface area is 153 Å². The van der Waals surface area contributed by atoms with Gasteiger partial charge in [0.05, 0.1) is 6.61 Å². The fourth-order valence-corrected chi connectivity index (χ4v) is 1.73. The standard InChI is InChI=1S/C23H26O2/c1-2-3-4-5-6-7-8-9-10-11-12-13-14-15-16-17-18-19-20-21-23(25)22-24/h1,3-4,23-25H,5-10,15-17,22H2/b4-3-/t23-/m1/s1. The third-order valence-corrected chi connectivity index (χ3v) is 3.04. The molecule has 1 atom stereocenters. The molecule has 0 bridgehead atoms. The molecule has 0 saturated heterocycles. The van der Waals surface area contributed by atoms with Gasteiger partial charge in [0.2, 0.25) is 0 Å². The zero-order chi connectivity index (χ0) is 18.4. The second-order valence-electron chi connectivity index (χ2n) is 5.25. The number of terminal acetylenes is 1. The number of allylic oxidation sites excluding steroid dienone is 2. The Morgan fingerprint density at radius 3 is 2.04 bits per heavy atom. The summed E-state index contributed by atoms with van der Waals surface area (Å²) in [5.74, 6) is 24.7. The molecule has 0 saturated carbocycles. The zero-order valence-corrected chi connectivity index (χ0v) is 14.8. The van der Waals surface area contributed by atoms with E-state index in [1.807, 2.05) is 6.08 Å². The topological polar surface area (TPSA) is 40.5 Å². The van der Waals surface area contributed by atoms with Crippen LogP contribution < -0.4 is 0 Å². The summed E-state index contributed by atoms with van der Waals surface area (Å²) in [6, 6.07) is 0. The molecule has 0 aliphatic rings. The molecule has 0 aliphatic carbocycles. The monoisotopic (exact) mass is 334 g/mol. The maximum atomic E-state index is 8.97. The Balaban J connectivity index is 3.55. The minimum absolute atomic E-state index is 0.365. The van der Waals surface area contributed by atoms with Gasteiger partial charge in [-0.25, -0.2) is 0 Å². The molecule has 0 radical (unpaired) electrons. The fraction of sp³-hybridized carbons (Fsp3) is 0.478. The zero-order valence-electron chi connectivity index (χ0n) is 14.8. The Morgan fingerprint density at radius 1 is 0.800 bits per heavy atom. The predicted molar refractivity (Wildman–Crippen MR) is 104 cm³/mol. The molecular weight excluding hydrogens is 308 g/mol. The Bertz CT molecular complexity index is 648. The van der Waals surface area contributed by atoms with Crippen LogP contribution in [-0.2, 0) is 0 Å². The summed E-state index contributed by atoms with van der Waals surface area (Å²) in [4.78, 5) is 0. The normalized spacial score (nSPS) is 9.96. The Morgan fingerprint density at radius 2 is 1.40 bits per heavy atom. The molecule has 25 heavy (non-hydrogen) atoms. The van der Waals surface area contributed by atoms with Gasteiger partial charge in [0, 0.05) is 19.3 Å². The largest absolute Gasteiger partial charge is 0.393 e. The van der Waals surface area contributed by atoms with Gasteiger partial charge in [-0.2, -0.15) is 0 Å². The molecule has 0 unspecified atom stereocenters. The number of aliphatic hydroxyl groups is 2. The number of hydrogen-bond donors (Lipinski definition) is 2. The molecule has 0 spiro atoms. The molecular formula is C23H26O2. The molecule has 2 N–H and O–H groups in total. The van der Waals surface area contributed by atoms with Crippen LogP contribution in [0.4, 0.5) is 0 Å². The van der Waals surface area contributed by atoms with Crippen molar-refractivity contribution in [3.05, 3.63) is 12.2 Å². The van der Waals surface area contributed by atoms with E-state index in [9.17, 15) is 0 Å². The van der Waals surface area contributed by atoms with E-state index < -0.39 is 6.10 Å². The van der Waals surface area contributed by atoms with Crippen LogP contribution >= 0.6 is 0 Å². The highest BCUT2D eigenvalue weighted by Gasteiger charge is 1.90. The summed E-state index contributed by atoms with van der Waals surface area (Å²) in [7, 11) is 0. The van der Waals surface area contributed by atoms with E-state index in [2.05, 4.69) is 53.3 Å². The molecule has 2 nitrogen and oxygen atoms in total. The van der Waals surface area contributed by atoms with Crippen molar-refractivity contribution in [2.45, 2.75) is 63.9 Å². The van der Waals surface area contributed by atoms with E-state index in [0.717, 1.165) is 32.1 Å². The second-order valence-corrected chi connectivity index (χ2v) is 5.25. The first-order valence-electron chi connectivity index (χ1n) is 8.65. The first kappa shape index (κ1) is 22.5. The lowest BCUT2D eigenvalue weighted by molar-refractivity contribution is 0.138. The van der Waals surface area contributed by atoms with Crippen LogP contribution in [-0.4, -0.2) is 22.9 Å². The highest BCUT2D eigenvalue weighted by atomic mass is 16.3. The molecule has 0 heterocycles. The summed E-state index contributed by atoms with van der Waals surface area (Å²) >= 11 is 0. The van der Waals surface area contributed by atoms with Gasteiger partial charge in [-0.1, -0.05) is 48.5 Å². The van der Waals surface area contributed by atoms with E-state index in [1.54, 1.807) is 6.08 Å². The first-order chi connectivity index (χ1) is 12.3. The Hall–Kier alpha value is -2.54. The second kappa shape index (κ2) is 19.5. The van der Waals surface area contributed by atoms with E-state index in [0.29, 0.717) is 6.42 Å². The summed E-state index contributed by atoms with van der Waals surface area (Å²) in [5.41, 5.74) is 0. The number of aliphatic hydroxyl groups excluding tert-OH is 2. The van der Waals surface area contributed by atoms with E-state index in [-0.39, 0.29) is 6.61 Å². The van der Waals surface area contributed by atoms with Crippen molar-refractivity contribution >= 4 is 0 Å². The van der Waals surface area contributed by atoms with Crippen LogP contribution in [0, 0.1) is 59.7 Å². The van der Waals surface area contributed by atoms with Crippen molar-refractivity contribution in [1.29, 1.82) is 0 Å². The van der Waals surface area contributed by atoms with Crippen LogP contribution in [0.25, 0.3) is 0 Å². The highest BCUT2D eigenvalue weighted by Crippen LogP contribution is 2.05. The average molecular weight is 334 g/mol. The molecule has 0 amide bonds. The molecule has 0 fully saturated rings. The lowest BCUT2D eigenvalue weighted by Crippen LogP contribution is -2.07. The molecule has 130 valence electrons. The van der Waals surface area contributed by atoms with Crippen LogP contribution in [0.3, 0.4) is 0 Å². The minimum atomic E-state index is -1.00. The highest BCUT2D eigenvalue weighted by molar-refractivity contribution is 5.27. The van der Waals surface area contributed by atoms with Gasteiger partial charge in [0.15, 0.2) is 0 Å². The molecule has 0 aromatic rings. The third kappa shape index (κ3) is 19.4. The van der Waals surface area contributed by atoms with Gasteiger partial charge in [-0.15, -0.1) is 6.42 Å². The van der Waals surface area contributed by atoms with Crippen molar-refractivity contribution in [2.24, 2.45) is 0 Å². The molecule has 0 rings (SSSR count). The van der Waals surface area contributed by atoms with Gasteiger partial charge >= 0.3 is 0 Å². The van der Waals surface area contributed by atoms with Gasteiger partial charge in [-0.05, 0) is 55.4 Å². The van der Waals surface area contributed by atoms with Gasteiger partial charge in [-0.3, -0.25) is 0 Å². The number of rotatable bonds is 9. The minimum Gasteiger partial charge on any atom is -0.393 e. The maximum absolute atomic E-state index is 8.97. The van der Waals surface area contributed by atoms with E-state index in [1.165, 1.54) is 19.3 Å². The van der Waals surface area contributed by atoms with E-state index in [4.69, 9.17) is 16.6 Å². The third-order valence-electron chi connectivity index (χ3n) is 3.04. The quantitative estimate of drug-likeness (QED) is 0.503. The average Bonchev–Trinajstić information content (AvgIpc) is 2.63. The number of hydrogen-bond acceptors (Lipinski definition) is 2. The molecule has 0 aromatic carbocycles. The maximum Gasteiger partial charge on any atom is 0.138 e. The van der Waals surface area contributed by atoms with Gasteiger partial charge < -0.3 is 10.2 Å². The van der Waals surface area contributed by atoms with Crippen molar-refractivity contribution in [1.82, 2.24) is 0 Å². The molecule has 0 aliphatic heterocycles. The predicted octanol–water partition coefficient (Wildman–Crippen LogP) is 3.05. The Kier molecular flexibility index (Phi) is 17.5.